The van der Waals surface area contributed by atoms with E-state index in [0.717, 1.165) is 0 Å². The summed E-state index contributed by atoms with van der Waals surface area (Å²) in [6.07, 6.45) is 1.61. The van der Waals surface area contributed by atoms with Crippen LogP contribution in [0.1, 0.15) is 11.1 Å². The molecule has 0 amide bonds. The van der Waals surface area contributed by atoms with Crippen molar-refractivity contribution in [3.05, 3.63) is 62.1 Å². The van der Waals surface area contributed by atoms with Crippen LogP contribution in [0.25, 0.3) is 11.6 Å². The lowest BCUT2D eigenvalue weighted by atomic mass is 10.0. The van der Waals surface area contributed by atoms with Crippen LogP contribution in [0.4, 0.5) is 5.69 Å². The van der Waals surface area contributed by atoms with Gasteiger partial charge in [0, 0.05) is 12.1 Å². The van der Waals surface area contributed by atoms with Crippen LogP contribution in [0, 0.1) is 21.4 Å². The molecule has 0 aliphatic rings. The van der Waals surface area contributed by atoms with Gasteiger partial charge in [-0.15, -0.1) is 0 Å². The van der Waals surface area contributed by atoms with Gasteiger partial charge in [-0.25, -0.2) is 4.79 Å². The molecule has 28 heavy (non-hydrogen) atoms. The quantitative estimate of drug-likeness (QED) is 0.208. The number of rotatable bonds is 7. The molecule has 0 fully saturated rings. The third-order valence-electron chi connectivity index (χ3n) is 3.63. The average Bonchev–Trinajstić information content (AvgIpc) is 2.70. The van der Waals surface area contributed by atoms with Crippen LogP contribution in [0.3, 0.4) is 0 Å². The zero-order valence-electron chi connectivity index (χ0n) is 15.0. The summed E-state index contributed by atoms with van der Waals surface area (Å²) in [5.74, 6) is 0.132. The molecule has 0 radical (unpaired) electrons. The van der Waals surface area contributed by atoms with Crippen LogP contribution < -0.4 is 9.47 Å². The van der Waals surface area contributed by atoms with Gasteiger partial charge in [0.25, 0.3) is 5.69 Å². The molecule has 0 heterocycles. The third-order valence-corrected chi connectivity index (χ3v) is 4.22. The Morgan fingerprint density at radius 1 is 1.29 bits per heavy atom. The van der Waals surface area contributed by atoms with Crippen LogP contribution in [0.2, 0.25) is 0 Å². The first kappa shape index (κ1) is 20.9. The fourth-order valence-corrected chi connectivity index (χ4v) is 2.84. The van der Waals surface area contributed by atoms with Crippen molar-refractivity contribution in [2.45, 2.75) is 0 Å². The number of benzene rings is 2. The van der Waals surface area contributed by atoms with Crippen LogP contribution in [-0.4, -0.2) is 31.7 Å². The topological polar surface area (TPSA) is 112 Å². The molecule has 0 aliphatic carbocycles. The molecule has 2 rings (SSSR count). The highest BCUT2D eigenvalue weighted by Crippen LogP contribution is 2.37. The van der Waals surface area contributed by atoms with Crippen LogP contribution in [0.15, 0.2) is 40.9 Å². The Morgan fingerprint density at radius 3 is 2.50 bits per heavy atom. The third kappa shape index (κ3) is 5.08. The number of methoxy groups -OCH3 is 2. The fourth-order valence-electron chi connectivity index (χ4n) is 2.26. The summed E-state index contributed by atoms with van der Waals surface area (Å²) in [6, 6.07) is 11.1. The molecule has 144 valence electrons. The second-order valence-electron chi connectivity index (χ2n) is 5.37. The molecule has 9 heteroatoms. The number of nitriles is 1. The number of carbonyl (C=O) groups is 1. The predicted molar refractivity (Wildman–Crippen MR) is 105 cm³/mol. The van der Waals surface area contributed by atoms with Crippen molar-refractivity contribution in [3.8, 4) is 17.6 Å². The standard InChI is InChI=1S/C19H15BrN2O6/c1-26-17-9-12(8-16(20)19(17)28-11-18(23)27-2)7-14(10-21)13-3-5-15(6-4-13)22(24)25/h3-9H,11H2,1-2H3/b14-7-. The van der Waals surface area contributed by atoms with Gasteiger partial charge in [-0.2, -0.15) is 5.26 Å². The number of carbonyl (C=O) groups excluding carboxylic acids is 1. The highest BCUT2D eigenvalue weighted by molar-refractivity contribution is 9.10. The number of esters is 1. The van der Waals surface area contributed by atoms with Gasteiger partial charge in [-0.3, -0.25) is 10.1 Å². The van der Waals surface area contributed by atoms with Gasteiger partial charge in [0.15, 0.2) is 18.1 Å². The summed E-state index contributed by atoms with van der Waals surface area (Å²) >= 11 is 3.36. The maximum atomic E-state index is 11.3. The molecule has 0 bridgehead atoms. The first-order valence-electron chi connectivity index (χ1n) is 7.83. The van der Waals surface area contributed by atoms with Crippen molar-refractivity contribution in [1.82, 2.24) is 0 Å². The van der Waals surface area contributed by atoms with E-state index in [9.17, 15) is 20.2 Å². The maximum Gasteiger partial charge on any atom is 0.343 e. The number of ether oxygens (including phenoxy) is 3. The molecule has 0 unspecified atom stereocenters. The number of nitrogens with zero attached hydrogens (tertiary/aromatic N) is 2. The molecule has 0 spiro atoms. The van der Waals surface area contributed by atoms with Gasteiger partial charge in [0.05, 0.1) is 35.3 Å². The molecule has 0 atom stereocenters. The Morgan fingerprint density at radius 2 is 1.96 bits per heavy atom. The summed E-state index contributed by atoms with van der Waals surface area (Å²) < 4.78 is 15.8. The van der Waals surface area contributed by atoms with Gasteiger partial charge in [0.1, 0.15) is 0 Å². The first-order valence-corrected chi connectivity index (χ1v) is 8.62. The molecule has 0 saturated carbocycles. The van der Waals surface area contributed by atoms with E-state index in [1.54, 1.807) is 18.2 Å². The van der Waals surface area contributed by atoms with Crippen molar-refractivity contribution in [2.24, 2.45) is 0 Å². The zero-order valence-corrected chi connectivity index (χ0v) is 16.6. The van der Waals surface area contributed by atoms with Gasteiger partial charge in [-0.1, -0.05) is 0 Å². The molecule has 8 nitrogen and oxygen atoms in total. The molecular weight excluding hydrogens is 432 g/mol. The number of nitro benzene ring substituents is 1. The van der Waals surface area contributed by atoms with E-state index in [-0.39, 0.29) is 12.3 Å². The monoisotopic (exact) mass is 446 g/mol. The normalized spacial score (nSPS) is 10.7. The number of non-ortho nitro benzene ring substituents is 1. The summed E-state index contributed by atoms with van der Waals surface area (Å²) in [4.78, 5) is 21.5. The number of allylic oxidation sites excluding steroid dienone is 1. The SMILES string of the molecule is COC(=O)COc1c(Br)cc(/C=C(/C#N)c2ccc([N+](=O)[O-])cc2)cc1OC. The van der Waals surface area contributed by atoms with E-state index >= 15 is 0 Å². The average molecular weight is 447 g/mol. The summed E-state index contributed by atoms with van der Waals surface area (Å²) in [5, 5.41) is 20.2. The second kappa shape index (κ2) is 9.53. The van der Waals surface area contributed by atoms with E-state index in [4.69, 9.17) is 9.47 Å². The van der Waals surface area contributed by atoms with E-state index in [0.29, 0.717) is 32.7 Å². The Labute approximate surface area is 169 Å². The van der Waals surface area contributed by atoms with Gasteiger partial charge >= 0.3 is 5.97 Å². The molecule has 2 aromatic rings. The van der Waals surface area contributed by atoms with Crippen LogP contribution in [-0.2, 0) is 9.53 Å². The minimum atomic E-state index is -0.539. The minimum Gasteiger partial charge on any atom is -0.493 e. The Hall–Kier alpha value is -3.38. The van der Waals surface area contributed by atoms with Crippen molar-refractivity contribution in [1.29, 1.82) is 5.26 Å². The smallest absolute Gasteiger partial charge is 0.343 e. The number of halogens is 1. The van der Waals surface area contributed by atoms with E-state index in [2.05, 4.69) is 26.7 Å². The van der Waals surface area contributed by atoms with Crippen molar-refractivity contribution in [3.63, 3.8) is 0 Å². The molecular formula is C19H15BrN2O6. The van der Waals surface area contributed by atoms with Crippen molar-refractivity contribution >= 4 is 39.2 Å². The minimum absolute atomic E-state index is 0.0578. The molecule has 0 N–H and O–H groups in total. The zero-order chi connectivity index (χ0) is 20.7. The molecule has 2 aromatic carbocycles. The number of hydrogen-bond acceptors (Lipinski definition) is 7. The highest BCUT2D eigenvalue weighted by atomic mass is 79.9. The summed E-state index contributed by atoms with van der Waals surface area (Å²) in [5.41, 5.74) is 1.42. The maximum absolute atomic E-state index is 11.3. The Kier molecular flexibility index (Phi) is 7.12. The number of nitro groups is 1. The van der Waals surface area contributed by atoms with Gasteiger partial charge < -0.3 is 14.2 Å². The van der Waals surface area contributed by atoms with Gasteiger partial charge in [0.2, 0.25) is 0 Å². The fraction of sp³-hybridized carbons (Fsp3) is 0.158. The van der Waals surface area contributed by atoms with Gasteiger partial charge in [-0.05, 0) is 57.4 Å². The first-order chi connectivity index (χ1) is 13.4. The lowest BCUT2D eigenvalue weighted by molar-refractivity contribution is -0.384. The van der Waals surface area contributed by atoms with Crippen LogP contribution in [0.5, 0.6) is 11.5 Å². The predicted octanol–water partition coefficient (Wildman–Crippen LogP) is 3.98. The Balaban J connectivity index is 2.37. The molecule has 0 aromatic heterocycles. The van der Waals surface area contributed by atoms with Crippen molar-refractivity contribution in [2.75, 3.05) is 20.8 Å². The van der Waals surface area contributed by atoms with E-state index < -0.39 is 10.9 Å². The Bertz CT molecular complexity index is 964. The highest BCUT2D eigenvalue weighted by Gasteiger charge is 2.14. The molecule has 0 saturated heterocycles. The second-order valence-corrected chi connectivity index (χ2v) is 6.23. The lowest BCUT2D eigenvalue weighted by Gasteiger charge is -2.13. The van der Waals surface area contributed by atoms with Crippen molar-refractivity contribution < 1.29 is 23.9 Å². The van der Waals surface area contributed by atoms with E-state index in [1.165, 1.54) is 38.5 Å². The number of hydrogen-bond donors (Lipinski definition) is 0. The summed E-state index contributed by atoms with van der Waals surface area (Å²) in [6.45, 7) is -0.285. The lowest BCUT2D eigenvalue weighted by Crippen LogP contribution is -2.13. The largest absolute Gasteiger partial charge is 0.493 e. The van der Waals surface area contributed by atoms with Crippen LogP contribution >= 0.6 is 15.9 Å². The summed E-state index contributed by atoms with van der Waals surface area (Å²) in [7, 11) is 2.70. The molecule has 0 aliphatic heterocycles. The van der Waals surface area contributed by atoms with E-state index in [1.807, 2.05) is 0 Å².